The maximum absolute atomic E-state index is 2.43. The van der Waals surface area contributed by atoms with Gasteiger partial charge in [0, 0.05) is 33.2 Å². The lowest BCUT2D eigenvalue weighted by molar-refractivity contribution is 1.20. The van der Waals surface area contributed by atoms with Crippen LogP contribution in [0.1, 0.15) is 0 Å². The van der Waals surface area contributed by atoms with E-state index in [0.29, 0.717) is 0 Å². The van der Waals surface area contributed by atoms with Crippen LogP contribution in [0.5, 0.6) is 0 Å². The van der Waals surface area contributed by atoms with Crippen LogP contribution in [-0.2, 0) is 0 Å². The van der Waals surface area contributed by atoms with Crippen LogP contribution in [0.4, 0.5) is 17.1 Å². The third kappa shape index (κ3) is 6.26. The Kier molecular flexibility index (Phi) is 8.89. The molecule has 0 amide bonds. The first kappa shape index (κ1) is 37.8. The van der Waals surface area contributed by atoms with E-state index in [1.807, 2.05) is 0 Å². The zero-order valence-electron chi connectivity index (χ0n) is 36.1. The summed E-state index contributed by atoms with van der Waals surface area (Å²) in [5, 5.41) is 12.7. The molecule has 12 aromatic carbocycles. The number of fused-ring (bicyclic) bond motifs is 10. The number of benzene rings is 12. The van der Waals surface area contributed by atoms with E-state index in [2.05, 4.69) is 264 Å². The standard InChI is InChI=1S/C64H42N2/c1-2-13-43(14-3-1)44-25-33-50(34-26-44)65(51-35-27-45(28-36-51)48-31-39-58-56-20-7-6-18-54(56)55-19-8-9-21-57(55)60(58)41-48)52-37-29-46(30-38-52)49-32-40-64-61(42-49)59-22-10-11-23-63(59)66(64)62-24-12-16-47-15-4-5-17-53(47)62/h1-42H. The maximum Gasteiger partial charge on any atom is 0.0541 e. The van der Waals surface area contributed by atoms with Crippen molar-refractivity contribution in [1.82, 2.24) is 4.57 Å². The van der Waals surface area contributed by atoms with Crippen LogP contribution >= 0.6 is 0 Å². The molecule has 1 aromatic heterocycles. The van der Waals surface area contributed by atoms with Gasteiger partial charge in [-0.15, -0.1) is 0 Å². The average Bonchev–Trinajstić information content (AvgIpc) is 3.73. The zero-order valence-corrected chi connectivity index (χ0v) is 36.1. The van der Waals surface area contributed by atoms with E-state index in [1.54, 1.807) is 0 Å². The van der Waals surface area contributed by atoms with Crippen molar-refractivity contribution in [3.63, 3.8) is 0 Å². The molecular formula is C64H42N2. The lowest BCUT2D eigenvalue weighted by atomic mass is 9.92. The average molecular weight is 839 g/mol. The highest BCUT2D eigenvalue weighted by Crippen LogP contribution is 2.42. The van der Waals surface area contributed by atoms with Crippen molar-refractivity contribution in [1.29, 1.82) is 0 Å². The Morgan fingerprint density at radius 1 is 0.227 bits per heavy atom. The second kappa shape index (κ2) is 15.5. The summed E-state index contributed by atoms with van der Waals surface area (Å²) in [5.41, 5.74) is 14.0. The van der Waals surface area contributed by atoms with Gasteiger partial charge in [0.1, 0.15) is 0 Å². The number of hydrogen-bond acceptors (Lipinski definition) is 1. The van der Waals surface area contributed by atoms with Crippen LogP contribution in [0.2, 0.25) is 0 Å². The number of anilines is 3. The van der Waals surface area contributed by atoms with Crippen molar-refractivity contribution in [3.05, 3.63) is 255 Å². The Balaban J connectivity index is 0.886. The largest absolute Gasteiger partial charge is 0.311 e. The Morgan fingerprint density at radius 3 is 1.23 bits per heavy atom. The van der Waals surface area contributed by atoms with E-state index in [1.165, 1.54) is 104 Å². The molecule has 13 rings (SSSR count). The highest BCUT2D eigenvalue weighted by atomic mass is 15.1. The fourth-order valence-electron chi connectivity index (χ4n) is 10.4. The Bertz CT molecular complexity index is 3920. The molecule has 308 valence electrons. The van der Waals surface area contributed by atoms with Gasteiger partial charge in [-0.2, -0.15) is 0 Å². The lowest BCUT2D eigenvalue weighted by Crippen LogP contribution is -2.09. The SMILES string of the molecule is c1ccc(-c2ccc(N(c3ccc(-c4ccc5c6ccccc6c6ccccc6c5c4)cc3)c3ccc(-c4ccc5c(c4)c4ccccc4n5-c4cccc5ccccc45)cc3)cc2)cc1. The van der Waals surface area contributed by atoms with Gasteiger partial charge >= 0.3 is 0 Å². The van der Waals surface area contributed by atoms with Gasteiger partial charge in [0.25, 0.3) is 0 Å². The first-order valence-corrected chi connectivity index (χ1v) is 22.7. The van der Waals surface area contributed by atoms with Crippen molar-refractivity contribution in [3.8, 4) is 39.1 Å². The summed E-state index contributed by atoms with van der Waals surface area (Å²) in [4.78, 5) is 2.36. The Hall–Kier alpha value is -8.72. The van der Waals surface area contributed by atoms with Crippen molar-refractivity contribution in [2.24, 2.45) is 0 Å². The smallest absolute Gasteiger partial charge is 0.0541 e. The van der Waals surface area contributed by atoms with Gasteiger partial charge in [0.15, 0.2) is 0 Å². The fraction of sp³-hybridized carbons (Fsp3) is 0. The molecule has 2 nitrogen and oxygen atoms in total. The molecule has 0 bridgehead atoms. The molecule has 0 saturated carbocycles. The monoisotopic (exact) mass is 838 g/mol. The number of aromatic nitrogens is 1. The summed E-state index contributed by atoms with van der Waals surface area (Å²) < 4.78 is 2.43. The molecule has 0 unspecified atom stereocenters. The molecule has 2 heteroatoms. The Labute approximate surface area is 383 Å². The predicted molar refractivity (Wildman–Crippen MR) is 282 cm³/mol. The summed E-state index contributed by atoms with van der Waals surface area (Å²) >= 11 is 0. The minimum atomic E-state index is 1.09. The number of hydrogen-bond donors (Lipinski definition) is 0. The van der Waals surface area contributed by atoms with Crippen molar-refractivity contribution in [2.45, 2.75) is 0 Å². The molecule has 0 aliphatic rings. The van der Waals surface area contributed by atoms with E-state index in [0.717, 1.165) is 17.1 Å². The maximum atomic E-state index is 2.43. The molecule has 0 atom stereocenters. The van der Waals surface area contributed by atoms with Crippen LogP contribution in [0.25, 0.3) is 104 Å². The number of nitrogens with zero attached hydrogens (tertiary/aromatic N) is 2. The molecule has 0 saturated heterocycles. The second-order valence-corrected chi connectivity index (χ2v) is 17.3. The molecule has 0 spiro atoms. The van der Waals surface area contributed by atoms with Gasteiger partial charge < -0.3 is 9.47 Å². The molecule has 13 aromatic rings. The quantitative estimate of drug-likeness (QED) is 0.145. The van der Waals surface area contributed by atoms with Crippen LogP contribution in [0.15, 0.2) is 255 Å². The van der Waals surface area contributed by atoms with Gasteiger partial charge in [-0.05, 0) is 138 Å². The highest BCUT2D eigenvalue weighted by Gasteiger charge is 2.18. The third-order valence-electron chi connectivity index (χ3n) is 13.6. The molecule has 1 heterocycles. The molecule has 0 fully saturated rings. The van der Waals surface area contributed by atoms with Gasteiger partial charge in [0.2, 0.25) is 0 Å². The Morgan fingerprint density at radius 2 is 0.621 bits per heavy atom. The van der Waals surface area contributed by atoms with Gasteiger partial charge in [0.05, 0.1) is 16.7 Å². The number of para-hydroxylation sites is 1. The summed E-state index contributed by atoms with van der Waals surface area (Å²) in [6, 6.07) is 93.1. The fourth-order valence-corrected chi connectivity index (χ4v) is 10.4. The van der Waals surface area contributed by atoms with Crippen LogP contribution in [-0.4, -0.2) is 4.57 Å². The van der Waals surface area contributed by atoms with E-state index in [4.69, 9.17) is 0 Å². The molecule has 0 N–H and O–H groups in total. The van der Waals surface area contributed by atoms with Crippen molar-refractivity contribution in [2.75, 3.05) is 4.90 Å². The van der Waals surface area contributed by atoms with Gasteiger partial charge in [-0.1, -0.05) is 188 Å². The van der Waals surface area contributed by atoms with E-state index in [9.17, 15) is 0 Å². The molecular weight excluding hydrogens is 797 g/mol. The molecule has 0 aliphatic heterocycles. The van der Waals surface area contributed by atoms with Gasteiger partial charge in [-0.3, -0.25) is 0 Å². The normalized spacial score (nSPS) is 11.6. The molecule has 0 aliphatic carbocycles. The third-order valence-corrected chi connectivity index (χ3v) is 13.6. The summed E-state index contributed by atoms with van der Waals surface area (Å²) in [7, 11) is 0. The minimum absolute atomic E-state index is 1.09. The summed E-state index contributed by atoms with van der Waals surface area (Å²) in [6.07, 6.45) is 0. The van der Waals surface area contributed by atoms with E-state index in [-0.39, 0.29) is 0 Å². The number of rotatable bonds is 7. The van der Waals surface area contributed by atoms with Crippen molar-refractivity contribution < 1.29 is 0 Å². The second-order valence-electron chi connectivity index (χ2n) is 17.3. The highest BCUT2D eigenvalue weighted by molar-refractivity contribution is 6.25. The van der Waals surface area contributed by atoms with Crippen molar-refractivity contribution >= 4 is 82.0 Å². The molecule has 66 heavy (non-hydrogen) atoms. The summed E-state index contributed by atoms with van der Waals surface area (Å²) in [6.45, 7) is 0. The first-order valence-electron chi connectivity index (χ1n) is 22.7. The minimum Gasteiger partial charge on any atom is -0.311 e. The first-order chi connectivity index (χ1) is 32.7. The van der Waals surface area contributed by atoms with Crippen LogP contribution < -0.4 is 4.90 Å². The van der Waals surface area contributed by atoms with Crippen LogP contribution in [0.3, 0.4) is 0 Å². The predicted octanol–water partition coefficient (Wildman–Crippen LogP) is 17.9. The van der Waals surface area contributed by atoms with E-state index < -0.39 is 0 Å². The molecule has 0 radical (unpaired) electrons. The lowest BCUT2D eigenvalue weighted by Gasteiger charge is -2.26. The van der Waals surface area contributed by atoms with Gasteiger partial charge in [-0.25, -0.2) is 0 Å². The topological polar surface area (TPSA) is 8.17 Å². The van der Waals surface area contributed by atoms with Crippen LogP contribution in [0, 0.1) is 0 Å². The zero-order chi connectivity index (χ0) is 43.6. The summed E-state index contributed by atoms with van der Waals surface area (Å²) in [5.74, 6) is 0. The van der Waals surface area contributed by atoms with E-state index >= 15 is 0 Å².